The Bertz CT molecular complexity index is 458. The normalized spacial score (nSPS) is 18.5. The van der Waals surface area contributed by atoms with Crippen molar-refractivity contribution in [3.63, 3.8) is 0 Å². The van der Waals surface area contributed by atoms with E-state index in [1.807, 2.05) is 19.2 Å². The summed E-state index contributed by atoms with van der Waals surface area (Å²) in [4.78, 5) is 20.4. The number of nitrogens with zero attached hydrogens (tertiary/aromatic N) is 3. The monoisotopic (exact) mass is 246 g/mol. The molecule has 1 saturated carbocycles. The first kappa shape index (κ1) is 11.3. The maximum atomic E-state index is 12.2. The lowest BCUT2D eigenvalue weighted by atomic mass is 10.2. The molecule has 3 rings (SSSR count). The number of fused-ring (bicyclic) bond motifs is 1. The first-order valence-electron chi connectivity index (χ1n) is 6.47. The van der Waals surface area contributed by atoms with Crippen LogP contribution in [0.2, 0.25) is 0 Å². The Morgan fingerprint density at radius 2 is 2.33 bits per heavy atom. The third-order valence-electron chi connectivity index (χ3n) is 3.56. The van der Waals surface area contributed by atoms with Crippen molar-refractivity contribution in [2.75, 3.05) is 36.5 Å². The van der Waals surface area contributed by atoms with E-state index < -0.39 is 0 Å². The highest BCUT2D eigenvalue weighted by Gasteiger charge is 2.27. The van der Waals surface area contributed by atoms with Crippen LogP contribution in [-0.2, 0) is 0 Å². The smallest absolute Gasteiger partial charge is 0.322 e. The number of nitrogens with one attached hydrogen (secondary N) is 1. The van der Waals surface area contributed by atoms with Gasteiger partial charge in [-0.1, -0.05) is 0 Å². The molecule has 2 aliphatic rings. The molecule has 18 heavy (non-hydrogen) atoms. The zero-order chi connectivity index (χ0) is 12.5. The van der Waals surface area contributed by atoms with Gasteiger partial charge in [0.2, 0.25) is 0 Å². The predicted octanol–water partition coefficient (Wildman–Crippen LogP) is 1.46. The fourth-order valence-electron chi connectivity index (χ4n) is 2.23. The van der Waals surface area contributed by atoms with Gasteiger partial charge in [-0.15, -0.1) is 0 Å². The summed E-state index contributed by atoms with van der Waals surface area (Å²) in [6, 6.07) is 3.83. The van der Waals surface area contributed by atoms with Gasteiger partial charge in [0.15, 0.2) is 5.82 Å². The molecular weight excluding hydrogens is 228 g/mol. The number of carbonyl (C=O) groups excluding carboxylic acids is 1. The van der Waals surface area contributed by atoms with Crippen molar-refractivity contribution in [3.8, 4) is 0 Å². The third kappa shape index (κ3) is 2.12. The molecule has 0 spiro atoms. The van der Waals surface area contributed by atoms with Crippen molar-refractivity contribution in [2.45, 2.75) is 12.8 Å². The van der Waals surface area contributed by atoms with Crippen LogP contribution >= 0.6 is 0 Å². The van der Waals surface area contributed by atoms with Crippen molar-refractivity contribution in [2.24, 2.45) is 5.92 Å². The average molecular weight is 246 g/mol. The van der Waals surface area contributed by atoms with Crippen molar-refractivity contribution in [1.82, 2.24) is 10.3 Å². The number of rotatable bonds is 2. The molecule has 0 atom stereocenters. The number of urea groups is 1. The zero-order valence-electron chi connectivity index (χ0n) is 10.6. The maximum Gasteiger partial charge on any atom is 0.322 e. The second-order valence-electron chi connectivity index (χ2n) is 5.05. The van der Waals surface area contributed by atoms with Gasteiger partial charge in [0, 0.05) is 32.9 Å². The highest BCUT2D eigenvalue weighted by atomic mass is 16.2. The molecule has 0 saturated heterocycles. The molecule has 1 aliphatic carbocycles. The van der Waals surface area contributed by atoms with Crippen LogP contribution in [0, 0.1) is 5.92 Å². The van der Waals surface area contributed by atoms with Crippen molar-refractivity contribution >= 4 is 17.5 Å². The summed E-state index contributed by atoms with van der Waals surface area (Å²) in [5.74, 6) is 1.58. The molecule has 1 aromatic heterocycles. The molecule has 1 aromatic rings. The Morgan fingerprint density at radius 3 is 3.11 bits per heavy atom. The summed E-state index contributed by atoms with van der Waals surface area (Å²) >= 11 is 0. The molecule has 1 N–H and O–H groups in total. The molecule has 5 nitrogen and oxygen atoms in total. The second kappa shape index (κ2) is 4.48. The van der Waals surface area contributed by atoms with Crippen molar-refractivity contribution in [1.29, 1.82) is 0 Å². The van der Waals surface area contributed by atoms with Gasteiger partial charge in [-0.2, -0.15) is 0 Å². The van der Waals surface area contributed by atoms with Crippen LogP contribution in [0.3, 0.4) is 0 Å². The number of hydrogen-bond acceptors (Lipinski definition) is 3. The summed E-state index contributed by atoms with van der Waals surface area (Å²) in [5, 5.41) is 3.01. The lowest BCUT2D eigenvalue weighted by Gasteiger charge is -2.34. The van der Waals surface area contributed by atoms with E-state index in [2.05, 4.69) is 15.2 Å². The minimum atomic E-state index is 0.00394. The molecule has 1 fully saturated rings. The number of hydrogen-bond donors (Lipinski definition) is 1. The first-order valence-corrected chi connectivity index (χ1v) is 6.47. The Morgan fingerprint density at radius 1 is 1.50 bits per heavy atom. The summed E-state index contributed by atoms with van der Waals surface area (Å²) < 4.78 is 0. The number of carbonyl (C=O) groups is 1. The zero-order valence-corrected chi connectivity index (χ0v) is 10.6. The summed E-state index contributed by atoms with van der Waals surface area (Å²) in [6.07, 6.45) is 4.27. The van der Waals surface area contributed by atoms with E-state index in [-0.39, 0.29) is 6.03 Å². The Hall–Kier alpha value is -1.78. The molecule has 5 heteroatoms. The second-order valence-corrected chi connectivity index (χ2v) is 5.05. The highest BCUT2D eigenvalue weighted by molar-refractivity contribution is 5.95. The van der Waals surface area contributed by atoms with Gasteiger partial charge >= 0.3 is 6.03 Å². The Balaban J connectivity index is 1.76. The van der Waals surface area contributed by atoms with E-state index >= 15 is 0 Å². The molecular formula is C13H18N4O. The van der Waals surface area contributed by atoms with E-state index in [0.717, 1.165) is 24.6 Å². The van der Waals surface area contributed by atoms with Crippen LogP contribution in [0.15, 0.2) is 18.3 Å². The quantitative estimate of drug-likeness (QED) is 0.859. The SMILES string of the molecule is CN1CCN(C(=O)NCC2CC2)c2cccnc21. The van der Waals surface area contributed by atoms with E-state index in [0.29, 0.717) is 12.5 Å². The topological polar surface area (TPSA) is 48.5 Å². The van der Waals surface area contributed by atoms with E-state index in [1.165, 1.54) is 12.8 Å². The molecule has 0 bridgehead atoms. The molecule has 1 aliphatic heterocycles. The fraction of sp³-hybridized carbons (Fsp3) is 0.538. The lowest BCUT2D eigenvalue weighted by Crippen LogP contribution is -2.48. The number of aromatic nitrogens is 1. The minimum Gasteiger partial charge on any atom is -0.356 e. The summed E-state index contributed by atoms with van der Waals surface area (Å²) in [7, 11) is 2.01. The van der Waals surface area contributed by atoms with E-state index in [9.17, 15) is 4.79 Å². The van der Waals surface area contributed by atoms with Crippen LogP contribution in [0.4, 0.5) is 16.3 Å². The maximum absolute atomic E-state index is 12.2. The van der Waals surface area contributed by atoms with Crippen LogP contribution in [0.5, 0.6) is 0 Å². The summed E-state index contributed by atoms with van der Waals surface area (Å²) in [6.45, 7) is 2.34. The molecule has 96 valence electrons. The number of likely N-dealkylation sites (N-methyl/N-ethyl adjacent to an activating group) is 1. The number of amides is 2. The van der Waals surface area contributed by atoms with E-state index in [4.69, 9.17) is 0 Å². The minimum absolute atomic E-state index is 0.00394. The number of pyridine rings is 1. The molecule has 0 aromatic carbocycles. The van der Waals surface area contributed by atoms with Gasteiger partial charge in [0.25, 0.3) is 0 Å². The van der Waals surface area contributed by atoms with Gasteiger partial charge in [0.1, 0.15) is 0 Å². The largest absolute Gasteiger partial charge is 0.356 e. The van der Waals surface area contributed by atoms with Crippen LogP contribution in [0.25, 0.3) is 0 Å². The van der Waals surface area contributed by atoms with E-state index in [1.54, 1.807) is 11.1 Å². The van der Waals surface area contributed by atoms with Crippen molar-refractivity contribution in [3.05, 3.63) is 18.3 Å². The molecule has 0 unspecified atom stereocenters. The predicted molar refractivity (Wildman–Crippen MR) is 71.0 cm³/mol. The van der Waals surface area contributed by atoms with Crippen molar-refractivity contribution < 1.29 is 4.79 Å². The average Bonchev–Trinajstić information content (AvgIpc) is 3.21. The van der Waals surface area contributed by atoms with Gasteiger partial charge in [-0.05, 0) is 30.9 Å². The molecule has 2 heterocycles. The van der Waals surface area contributed by atoms with Crippen LogP contribution < -0.4 is 15.1 Å². The van der Waals surface area contributed by atoms with Crippen LogP contribution in [0.1, 0.15) is 12.8 Å². The Kier molecular flexibility index (Phi) is 2.81. The number of anilines is 2. The molecule has 0 radical (unpaired) electrons. The lowest BCUT2D eigenvalue weighted by molar-refractivity contribution is 0.245. The van der Waals surface area contributed by atoms with Crippen LogP contribution in [-0.4, -0.2) is 37.7 Å². The fourth-order valence-corrected chi connectivity index (χ4v) is 2.23. The standard InChI is InChI=1S/C13H18N4O/c1-16-7-8-17(11-3-2-6-14-12(11)16)13(18)15-9-10-4-5-10/h2-3,6,10H,4-5,7-9H2,1H3,(H,15,18). The first-order chi connectivity index (χ1) is 8.75. The van der Waals surface area contributed by atoms with Gasteiger partial charge < -0.3 is 10.2 Å². The third-order valence-corrected chi connectivity index (χ3v) is 3.56. The van der Waals surface area contributed by atoms with Gasteiger partial charge in [-0.3, -0.25) is 4.90 Å². The molecule has 2 amide bonds. The highest BCUT2D eigenvalue weighted by Crippen LogP contribution is 2.30. The van der Waals surface area contributed by atoms with Gasteiger partial charge in [0.05, 0.1) is 5.69 Å². The van der Waals surface area contributed by atoms with Gasteiger partial charge in [-0.25, -0.2) is 9.78 Å². The Labute approximate surface area is 107 Å². The summed E-state index contributed by atoms with van der Waals surface area (Å²) in [5.41, 5.74) is 0.902.